The highest BCUT2D eigenvalue weighted by atomic mass is 16.6. The molecule has 0 aromatic rings. The number of carbonyl (C=O) groups excluding carboxylic acids is 1. The Morgan fingerprint density at radius 3 is 2.92 bits per heavy atom. The molecule has 3 saturated carbocycles. The highest BCUT2D eigenvalue weighted by Gasteiger charge is 2.70. The van der Waals surface area contributed by atoms with Crippen LogP contribution in [0.1, 0.15) is 12.8 Å². The van der Waals surface area contributed by atoms with E-state index in [1.807, 2.05) is 0 Å². The number of hydrogen-bond donors (Lipinski definition) is 0. The summed E-state index contributed by atoms with van der Waals surface area (Å²) < 4.78 is 10.2. The number of rotatable bonds is 1. The molecule has 0 aromatic heterocycles. The number of ether oxygens (including phenoxy) is 2. The second kappa shape index (κ2) is 1.84. The van der Waals surface area contributed by atoms with Crippen molar-refractivity contribution in [3.8, 4) is 0 Å². The first-order valence-corrected chi connectivity index (χ1v) is 4.49. The second-order valence-electron chi connectivity index (χ2n) is 4.21. The minimum Gasteiger partial charge on any atom is -0.469 e. The van der Waals surface area contributed by atoms with E-state index in [9.17, 15) is 4.79 Å². The second-order valence-corrected chi connectivity index (χ2v) is 4.21. The van der Waals surface area contributed by atoms with E-state index in [-0.39, 0.29) is 17.5 Å². The van der Waals surface area contributed by atoms with Crippen LogP contribution in [-0.2, 0) is 14.3 Å². The molecule has 0 aromatic carbocycles. The highest BCUT2D eigenvalue weighted by Crippen LogP contribution is 2.65. The lowest BCUT2D eigenvalue weighted by Gasteiger charge is -2.33. The zero-order chi connectivity index (χ0) is 8.34. The first-order valence-electron chi connectivity index (χ1n) is 4.49. The van der Waals surface area contributed by atoms with Gasteiger partial charge in [0.25, 0.3) is 0 Å². The van der Waals surface area contributed by atoms with Crippen LogP contribution in [0.3, 0.4) is 0 Å². The molecule has 0 amide bonds. The lowest BCUT2D eigenvalue weighted by molar-refractivity contribution is -0.153. The van der Waals surface area contributed by atoms with Crippen molar-refractivity contribution in [2.75, 3.05) is 13.7 Å². The van der Waals surface area contributed by atoms with Gasteiger partial charge in [0.1, 0.15) is 0 Å². The third-order valence-corrected chi connectivity index (χ3v) is 3.77. The predicted octanol–water partition coefficient (Wildman–Crippen LogP) is 0.584. The fraction of sp³-hybridized carbons (Fsp3) is 0.889. The first kappa shape index (κ1) is 6.89. The smallest absolute Gasteiger partial charge is 0.309 e. The lowest BCUT2D eigenvalue weighted by Crippen LogP contribution is -2.38. The highest BCUT2D eigenvalue weighted by molar-refractivity contribution is 5.75. The Labute approximate surface area is 71.0 Å². The van der Waals surface area contributed by atoms with Gasteiger partial charge in [-0.3, -0.25) is 4.79 Å². The molecule has 4 aliphatic rings. The minimum absolute atomic E-state index is 0.0244. The van der Waals surface area contributed by atoms with Gasteiger partial charge in [0.05, 0.1) is 25.2 Å². The Morgan fingerprint density at radius 1 is 1.67 bits per heavy atom. The summed E-state index contributed by atoms with van der Waals surface area (Å²) in [7, 11) is 1.47. The third kappa shape index (κ3) is 0.600. The molecule has 1 aliphatic heterocycles. The molecule has 1 heterocycles. The van der Waals surface area contributed by atoms with Crippen LogP contribution < -0.4 is 0 Å². The monoisotopic (exact) mass is 168 g/mol. The molecule has 12 heavy (non-hydrogen) atoms. The Bertz CT molecular complexity index is 244. The molecular weight excluding hydrogens is 156 g/mol. The Balaban J connectivity index is 1.81. The van der Waals surface area contributed by atoms with Gasteiger partial charge in [0, 0.05) is 5.92 Å². The SMILES string of the molecule is COC(=O)[C@H]1[C@H]2C[C@@H]1[C@]1(CO1)C2. The summed E-state index contributed by atoms with van der Waals surface area (Å²) in [5.74, 6) is 1.18. The molecule has 0 unspecified atom stereocenters. The average Bonchev–Trinajstić information content (AvgIpc) is 2.54. The van der Waals surface area contributed by atoms with E-state index in [4.69, 9.17) is 9.47 Å². The zero-order valence-electron chi connectivity index (χ0n) is 7.08. The normalized spacial score (nSPS) is 53.6. The summed E-state index contributed by atoms with van der Waals surface area (Å²) in [6, 6.07) is 0. The molecule has 66 valence electrons. The molecule has 0 radical (unpaired) electrons. The Morgan fingerprint density at radius 2 is 2.42 bits per heavy atom. The summed E-state index contributed by atoms with van der Waals surface area (Å²) in [5, 5.41) is 0. The Hall–Kier alpha value is -0.570. The number of esters is 1. The quantitative estimate of drug-likeness (QED) is 0.425. The van der Waals surface area contributed by atoms with Gasteiger partial charge in [0.15, 0.2) is 0 Å². The van der Waals surface area contributed by atoms with Crippen molar-refractivity contribution in [3.05, 3.63) is 0 Å². The molecule has 0 N–H and O–H groups in total. The van der Waals surface area contributed by atoms with Crippen molar-refractivity contribution in [2.24, 2.45) is 17.8 Å². The summed E-state index contributed by atoms with van der Waals surface area (Å²) in [6.07, 6.45) is 2.28. The van der Waals surface area contributed by atoms with Crippen LogP contribution in [0.25, 0.3) is 0 Å². The zero-order valence-corrected chi connectivity index (χ0v) is 7.08. The van der Waals surface area contributed by atoms with Gasteiger partial charge in [-0.1, -0.05) is 0 Å². The summed E-state index contributed by atoms with van der Waals surface area (Å²) in [6.45, 7) is 0.877. The number of methoxy groups -OCH3 is 1. The van der Waals surface area contributed by atoms with Crippen LogP contribution in [0.2, 0.25) is 0 Å². The maximum atomic E-state index is 11.3. The van der Waals surface area contributed by atoms with E-state index in [2.05, 4.69) is 0 Å². The van der Waals surface area contributed by atoms with Gasteiger partial charge in [-0.25, -0.2) is 0 Å². The van der Waals surface area contributed by atoms with Crippen molar-refractivity contribution < 1.29 is 14.3 Å². The maximum Gasteiger partial charge on any atom is 0.309 e. The molecule has 3 nitrogen and oxygen atoms in total. The molecule has 1 saturated heterocycles. The van der Waals surface area contributed by atoms with Crippen LogP contribution in [-0.4, -0.2) is 25.3 Å². The van der Waals surface area contributed by atoms with Gasteiger partial charge in [-0.15, -0.1) is 0 Å². The third-order valence-electron chi connectivity index (χ3n) is 3.77. The van der Waals surface area contributed by atoms with Crippen molar-refractivity contribution in [2.45, 2.75) is 18.4 Å². The Kier molecular flexibility index (Phi) is 1.06. The fourth-order valence-corrected chi connectivity index (χ4v) is 3.02. The van der Waals surface area contributed by atoms with E-state index in [1.54, 1.807) is 0 Å². The van der Waals surface area contributed by atoms with Crippen molar-refractivity contribution >= 4 is 5.97 Å². The number of epoxide rings is 1. The van der Waals surface area contributed by atoms with Gasteiger partial charge in [-0.05, 0) is 18.8 Å². The largest absolute Gasteiger partial charge is 0.469 e. The van der Waals surface area contributed by atoms with Crippen LogP contribution in [0.5, 0.6) is 0 Å². The standard InChI is InChI=1S/C9H12O3/c1-11-8(10)7-5-2-6(7)9(3-5)4-12-9/h5-7H,2-4H2,1H3/t5-,6-,7-,9+/m0/s1. The molecular formula is C9H12O3. The van der Waals surface area contributed by atoms with Gasteiger partial charge in [0.2, 0.25) is 0 Å². The molecule has 3 aliphatic carbocycles. The van der Waals surface area contributed by atoms with E-state index >= 15 is 0 Å². The molecule has 4 rings (SSSR count). The number of hydrogen-bond acceptors (Lipinski definition) is 3. The minimum atomic E-state index is -0.0244. The molecule has 3 heteroatoms. The molecule has 4 atom stereocenters. The maximum absolute atomic E-state index is 11.3. The van der Waals surface area contributed by atoms with E-state index in [0.717, 1.165) is 13.0 Å². The van der Waals surface area contributed by atoms with Gasteiger partial charge >= 0.3 is 5.97 Å². The summed E-state index contributed by atoms with van der Waals surface area (Å²) >= 11 is 0. The van der Waals surface area contributed by atoms with Crippen LogP contribution in [0.4, 0.5) is 0 Å². The molecule has 2 bridgehead atoms. The van der Waals surface area contributed by atoms with Crippen molar-refractivity contribution in [3.63, 3.8) is 0 Å². The predicted molar refractivity (Wildman–Crippen MR) is 40.4 cm³/mol. The van der Waals surface area contributed by atoms with Crippen LogP contribution in [0, 0.1) is 17.8 Å². The fourth-order valence-electron chi connectivity index (χ4n) is 3.02. The number of carbonyl (C=O) groups is 1. The average molecular weight is 168 g/mol. The topological polar surface area (TPSA) is 38.8 Å². The van der Waals surface area contributed by atoms with Crippen LogP contribution >= 0.6 is 0 Å². The summed E-state index contributed by atoms with van der Waals surface area (Å²) in [4.78, 5) is 11.3. The van der Waals surface area contributed by atoms with E-state index in [0.29, 0.717) is 11.8 Å². The molecule has 4 fully saturated rings. The summed E-state index contributed by atoms with van der Waals surface area (Å²) in [5.41, 5.74) is 0.128. The van der Waals surface area contributed by atoms with Gasteiger partial charge in [-0.2, -0.15) is 0 Å². The van der Waals surface area contributed by atoms with E-state index < -0.39 is 0 Å². The van der Waals surface area contributed by atoms with Crippen molar-refractivity contribution in [1.82, 2.24) is 0 Å². The lowest BCUT2D eigenvalue weighted by atomic mass is 9.71. The van der Waals surface area contributed by atoms with Crippen molar-refractivity contribution in [1.29, 1.82) is 0 Å². The van der Waals surface area contributed by atoms with Crippen LogP contribution in [0.15, 0.2) is 0 Å². The first-order chi connectivity index (χ1) is 5.77. The molecule has 1 spiro atoms. The van der Waals surface area contributed by atoms with Gasteiger partial charge < -0.3 is 9.47 Å². The van der Waals surface area contributed by atoms with E-state index in [1.165, 1.54) is 13.5 Å².